The van der Waals surface area contributed by atoms with E-state index < -0.39 is 0 Å². The summed E-state index contributed by atoms with van der Waals surface area (Å²) in [4.78, 5) is 13.2. The van der Waals surface area contributed by atoms with Crippen molar-refractivity contribution in [3.05, 3.63) is 76.7 Å². The molecular formula is C16H14N2OS. The molecule has 0 saturated carbocycles. The number of amides is 1. The molecule has 0 aliphatic rings. The zero-order chi connectivity index (χ0) is 13.8. The average molecular weight is 282 g/mol. The van der Waals surface area contributed by atoms with E-state index in [0.29, 0.717) is 12.1 Å². The predicted octanol–water partition coefficient (Wildman–Crippen LogP) is 3.47. The standard InChI is InChI=1S/C16H14N2OS/c19-16(13-6-2-1-3-7-13)17-12-15-14(8-11-20-15)18-9-4-5-10-18/h1-11H,12H2,(H,17,19). The Bertz CT molecular complexity index is 686. The van der Waals surface area contributed by atoms with Crippen LogP contribution < -0.4 is 5.32 Å². The zero-order valence-electron chi connectivity index (χ0n) is 10.8. The molecular weight excluding hydrogens is 268 g/mol. The van der Waals surface area contributed by atoms with Gasteiger partial charge >= 0.3 is 0 Å². The Labute approximate surface area is 121 Å². The van der Waals surface area contributed by atoms with Crippen LogP contribution in [0.4, 0.5) is 0 Å². The zero-order valence-corrected chi connectivity index (χ0v) is 11.6. The van der Waals surface area contributed by atoms with Crippen LogP contribution in [0.25, 0.3) is 5.69 Å². The van der Waals surface area contributed by atoms with Gasteiger partial charge in [0.15, 0.2) is 0 Å². The summed E-state index contributed by atoms with van der Waals surface area (Å²) in [6, 6.07) is 15.3. The first-order valence-electron chi connectivity index (χ1n) is 6.37. The quantitative estimate of drug-likeness (QED) is 0.781. The third-order valence-electron chi connectivity index (χ3n) is 3.05. The van der Waals surface area contributed by atoms with Crippen LogP contribution >= 0.6 is 11.3 Å². The molecule has 0 bridgehead atoms. The van der Waals surface area contributed by atoms with Crippen LogP contribution in [0.1, 0.15) is 15.2 Å². The minimum Gasteiger partial charge on any atom is -0.347 e. The fourth-order valence-corrected chi connectivity index (χ4v) is 2.85. The molecule has 1 aromatic carbocycles. The lowest BCUT2D eigenvalue weighted by atomic mass is 10.2. The first kappa shape index (κ1) is 12.7. The maximum atomic E-state index is 12.0. The molecule has 3 aromatic rings. The van der Waals surface area contributed by atoms with Gasteiger partial charge in [-0.05, 0) is 35.7 Å². The number of benzene rings is 1. The Hall–Kier alpha value is -2.33. The van der Waals surface area contributed by atoms with Crippen molar-refractivity contribution in [3.63, 3.8) is 0 Å². The number of aromatic nitrogens is 1. The predicted molar refractivity (Wildman–Crippen MR) is 81.3 cm³/mol. The van der Waals surface area contributed by atoms with Gasteiger partial charge in [-0.25, -0.2) is 0 Å². The van der Waals surface area contributed by atoms with E-state index >= 15 is 0 Å². The molecule has 2 aromatic heterocycles. The summed E-state index contributed by atoms with van der Waals surface area (Å²) in [6.07, 6.45) is 4.01. The summed E-state index contributed by atoms with van der Waals surface area (Å²) in [6.45, 7) is 0.541. The Morgan fingerprint density at radius 3 is 2.55 bits per heavy atom. The highest BCUT2D eigenvalue weighted by Crippen LogP contribution is 2.21. The van der Waals surface area contributed by atoms with Crippen LogP contribution in [0.5, 0.6) is 0 Å². The number of nitrogens with one attached hydrogen (secondary N) is 1. The van der Waals surface area contributed by atoms with E-state index in [1.54, 1.807) is 11.3 Å². The second-order valence-electron chi connectivity index (χ2n) is 4.37. The smallest absolute Gasteiger partial charge is 0.251 e. The summed E-state index contributed by atoms with van der Waals surface area (Å²) in [5, 5.41) is 5.00. The maximum absolute atomic E-state index is 12.0. The van der Waals surface area contributed by atoms with E-state index in [1.807, 2.05) is 60.2 Å². The lowest BCUT2D eigenvalue weighted by Crippen LogP contribution is -2.22. The van der Waals surface area contributed by atoms with Gasteiger partial charge in [-0.15, -0.1) is 11.3 Å². The fourth-order valence-electron chi connectivity index (χ4n) is 2.04. The molecule has 1 amide bonds. The highest BCUT2D eigenvalue weighted by atomic mass is 32.1. The van der Waals surface area contributed by atoms with Gasteiger partial charge in [0, 0.05) is 22.8 Å². The minimum atomic E-state index is -0.0440. The highest BCUT2D eigenvalue weighted by Gasteiger charge is 2.08. The Morgan fingerprint density at radius 1 is 1.05 bits per heavy atom. The van der Waals surface area contributed by atoms with Crippen molar-refractivity contribution in [2.24, 2.45) is 0 Å². The van der Waals surface area contributed by atoms with Crippen LogP contribution in [-0.2, 0) is 6.54 Å². The van der Waals surface area contributed by atoms with Crippen molar-refractivity contribution in [1.82, 2.24) is 9.88 Å². The molecule has 0 fully saturated rings. The van der Waals surface area contributed by atoms with Crippen LogP contribution in [0.2, 0.25) is 0 Å². The average Bonchev–Trinajstić information content (AvgIpc) is 3.16. The van der Waals surface area contributed by atoms with Gasteiger partial charge < -0.3 is 9.88 Å². The van der Waals surface area contributed by atoms with E-state index in [0.717, 1.165) is 10.6 Å². The first-order chi connectivity index (χ1) is 9.84. The number of carbonyl (C=O) groups is 1. The summed E-state index contributed by atoms with van der Waals surface area (Å²) in [5.74, 6) is -0.0440. The summed E-state index contributed by atoms with van der Waals surface area (Å²) >= 11 is 1.65. The molecule has 0 spiro atoms. The number of carbonyl (C=O) groups excluding carboxylic acids is 1. The number of hydrogen-bond donors (Lipinski definition) is 1. The number of thiophene rings is 1. The normalized spacial score (nSPS) is 10.4. The summed E-state index contributed by atoms with van der Waals surface area (Å²) in [5.41, 5.74) is 1.81. The molecule has 3 rings (SSSR count). The third kappa shape index (κ3) is 2.65. The lowest BCUT2D eigenvalue weighted by molar-refractivity contribution is 0.0951. The molecule has 4 heteroatoms. The summed E-state index contributed by atoms with van der Waals surface area (Å²) in [7, 11) is 0. The van der Waals surface area contributed by atoms with Crippen molar-refractivity contribution in [3.8, 4) is 5.69 Å². The van der Waals surface area contributed by atoms with Crippen molar-refractivity contribution in [2.75, 3.05) is 0 Å². The number of hydrogen-bond acceptors (Lipinski definition) is 2. The second-order valence-corrected chi connectivity index (χ2v) is 5.37. The van der Waals surface area contributed by atoms with Crippen LogP contribution in [0, 0.1) is 0 Å². The van der Waals surface area contributed by atoms with Gasteiger partial charge in [-0.2, -0.15) is 0 Å². The van der Waals surface area contributed by atoms with E-state index in [9.17, 15) is 4.79 Å². The van der Waals surface area contributed by atoms with E-state index in [1.165, 1.54) is 0 Å². The second kappa shape index (κ2) is 5.75. The van der Waals surface area contributed by atoms with Crippen LogP contribution in [-0.4, -0.2) is 10.5 Å². The van der Waals surface area contributed by atoms with Crippen molar-refractivity contribution < 1.29 is 4.79 Å². The van der Waals surface area contributed by atoms with Gasteiger partial charge in [0.2, 0.25) is 0 Å². The van der Waals surface area contributed by atoms with E-state index in [2.05, 4.69) is 16.0 Å². The maximum Gasteiger partial charge on any atom is 0.251 e. The van der Waals surface area contributed by atoms with Crippen LogP contribution in [0.15, 0.2) is 66.3 Å². The largest absolute Gasteiger partial charge is 0.347 e. The molecule has 0 radical (unpaired) electrons. The molecule has 0 aliphatic carbocycles. The van der Waals surface area contributed by atoms with Crippen LogP contribution in [0.3, 0.4) is 0 Å². The molecule has 0 atom stereocenters. The molecule has 20 heavy (non-hydrogen) atoms. The molecule has 0 aliphatic heterocycles. The van der Waals surface area contributed by atoms with E-state index in [4.69, 9.17) is 0 Å². The lowest BCUT2D eigenvalue weighted by Gasteiger charge is -2.07. The number of rotatable bonds is 4. The molecule has 3 nitrogen and oxygen atoms in total. The van der Waals surface area contributed by atoms with Crippen molar-refractivity contribution in [2.45, 2.75) is 6.54 Å². The molecule has 0 saturated heterocycles. The van der Waals surface area contributed by atoms with Gasteiger partial charge in [-0.1, -0.05) is 18.2 Å². The molecule has 0 unspecified atom stereocenters. The van der Waals surface area contributed by atoms with E-state index in [-0.39, 0.29) is 5.91 Å². The van der Waals surface area contributed by atoms with Crippen molar-refractivity contribution >= 4 is 17.2 Å². The van der Waals surface area contributed by atoms with Gasteiger partial charge in [0.25, 0.3) is 5.91 Å². The Balaban J connectivity index is 1.71. The third-order valence-corrected chi connectivity index (χ3v) is 3.96. The highest BCUT2D eigenvalue weighted by molar-refractivity contribution is 7.10. The Kier molecular flexibility index (Phi) is 3.65. The first-order valence-corrected chi connectivity index (χ1v) is 7.25. The Morgan fingerprint density at radius 2 is 1.80 bits per heavy atom. The number of nitrogens with zero attached hydrogens (tertiary/aromatic N) is 1. The van der Waals surface area contributed by atoms with Gasteiger partial charge in [0.05, 0.1) is 12.2 Å². The van der Waals surface area contributed by atoms with Crippen molar-refractivity contribution in [1.29, 1.82) is 0 Å². The van der Waals surface area contributed by atoms with Gasteiger partial charge in [-0.3, -0.25) is 4.79 Å². The molecule has 1 N–H and O–H groups in total. The molecule has 100 valence electrons. The fraction of sp³-hybridized carbons (Fsp3) is 0.0625. The monoisotopic (exact) mass is 282 g/mol. The van der Waals surface area contributed by atoms with Gasteiger partial charge in [0.1, 0.15) is 0 Å². The summed E-state index contributed by atoms with van der Waals surface area (Å²) < 4.78 is 2.06. The molecule has 2 heterocycles. The minimum absolute atomic E-state index is 0.0440. The SMILES string of the molecule is O=C(NCc1sccc1-n1cccc1)c1ccccc1. The topological polar surface area (TPSA) is 34.0 Å².